The fourth-order valence-electron chi connectivity index (χ4n) is 1.61. The number of fused-ring (bicyclic) bond motifs is 1. The van der Waals surface area contributed by atoms with Gasteiger partial charge in [-0.05, 0) is 31.0 Å². The van der Waals surface area contributed by atoms with Crippen LogP contribution in [0.25, 0.3) is 0 Å². The van der Waals surface area contributed by atoms with Gasteiger partial charge in [-0.15, -0.1) is 0 Å². The highest BCUT2D eigenvalue weighted by molar-refractivity contribution is 14.1. The fraction of sp³-hybridized carbons (Fsp3) is 0.400. The van der Waals surface area contributed by atoms with E-state index in [1.807, 2.05) is 6.92 Å². The van der Waals surface area contributed by atoms with Crippen LogP contribution < -0.4 is 4.74 Å². The van der Waals surface area contributed by atoms with Crippen LogP contribution in [-0.4, -0.2) is 6.61 Å². The Kier molecular flexibility index (Phi) is 2.45. The third kappa shape index (κ3) is 1.54. The molecule has 70 valence electrons. The Balaban J connectivity index is 2.58. The molecule has 0 saturated carbocycles. The molecule has 3 heteroatoms. The third-order valence-corrected chi connectivity index (χ3v) is 3.60. The van der Waals surface area contributed by atoms with E-state index in [4.69, 9.17) is 4.74 Å². The van der Waals surface area contributed by atoms with Gasteiger partial charge in [0.1, 0.15) is 11.6 Å². The minimum atomic E-state index is -0.133. The number of halogens is 2. The fourth-order valence-corrected chi connectivity index (χ4v) is 2.64. The molecule has 0 spiro atoms. The van der Waals surface area contributed by atoms with Crippen LogP contribution in [-0.2, 0) is 0 Å². The molecule has 13 heavy (non-hydrogen) atoms. The van der Waals surface area contributed by atoms with E-state index in [2.05, 4.69) is 22.6 Å². The molecule has 1 aromatic carbocycles. The zero-order valence-corrected chi connectivity index (χ0v) is 9.47. The number of alkyl halides is 1. The van der Waals surface area contributed by atoms with E-state index in [-0.39, 0.29) is 5.82 Å². The van der Waals surface area contributed by atoms with Gasteiger partial charge >= 0.3 is 0 Å². The molecular weight excluding hydrogens is 282 g/mol. The van der Waals surface area contributed by atoms with Crippen LogP contribution in [0.1, 0.15) is 21.5 Å². The van der Waals surface area contributed by atoms with E-state index >= 15 is 0 Å². The summed E-state index contributed by atoms with van der Waals surface area (Å²) in [5.41, 5.74) is 1.77. The summed E-state index contributed by atoms with van der Waals surface area (Å²) in [4.78, 5) is 0. The van der Waals surface area contributed by atoms with E-state index in [0.717, 1.165) is 29.9 Å². The molecule has 0 aliphatic carbocycles. The van der Waals surface area contributed by atoms with Crippen LogP contribution in [0, 0.1) is 12.7 Å². The Morgan fingerprint density at radius 1 is 1.54 bits per heavy atom. The monoisotopic (exact) mass is 292 g/mol. The molecular formula is C10H10FIO. The van der Waals surface area contributed by atoms with Crippen molar-refractivity contribution in [1.82, 2.24) is 0 Å². The van der Waals surface area contributed by atoms with E-state index in [0.29, 0.717) is 3.92 Å². The second-order valence-electron chi connectivity index (χ2n) is 3.19. The van der Waals surface area contributed by atoms with Crippen molar-refractivity contribution in [2.45, 2.75) is 17.3 Å². The molecule has 1 aliphatic heterocycles. The summed E-state index contributed by atoms with van der Waals surface area (Å²) in [5, 5.41) is 0. The van der Waals surface area contributed by atoms with Crippen LogP contribution in [0.15, 0.2) is 12.1 Å². The average Bonchev–Trinajstić information content (AvgIpc) is 2.12. The molecule has 1 aromatic rings. The van der Waals surface area contributed by atoms with Gasteiger partial charge in [0.25, 0.3) is 0 Å². The zero-order valence-electron chi connectivity index (χ0n) is 7.31. The van der Waals surface area contributed by atoms with Crippen molar-refractivity contribution >= 4 is 22.6 Å². The minimum absolute atomic E-state index is 0.133. The molecule has 0 fully saturated rings. The van der Waals surface area contributed by atoms with Crippen molar-refractivity contribution < 1.29 is 9.13 Å². The van der Waals surface area contributed by atoms with Crippen molar-refractivity contribution in [2.24, 2.45) is 0 Å². The molecule has 1 nitrogen and oxygen atoms in total. The number of ether oxygens (including phenoxy) is 1. The SMILES string of the molecule is Cc1c(F)ccc2c1C(I)CCO2. The van der Waals surface area contributed by atoms with Gasteiger partial charge in [-0.1, -0.05) is 22.6 Å². The molecule has 1 unspecified atom stereocenters. The Labute approximate surface area is 90.4 Å². The van der Waals surface area contributed by atoms with Gasteiger partial charge in [-0.3, -0.25) is 0 Å². The number of rotatable bonds is 0. The molecule has 1 aliphatic rings. The Hall–Kier alpha value is -0.320. The maximum atomic E-state index is 13.2. The second-order valence-corrected chi connectivity index (χ2v) is 4.69. The lowest BCUT2D eigenvalue weighted by Crippen LogP contribution is -2.12. The first-order valence-electron chi connectivity index (χ1n) is 4.26. The van der Waals surface area contributed by atoms with Crippen molar-refractivity contribution in [3.63, 3.8) is 0 Å². The van der Waals surface area contributed by atoms with Crippen molar-refractivity contribution in [3.8, 4) is 5.75 Å². The second kappa shape index (κ2) is 3.44. The van der Waals surface area contributed by atoms with E-state index in [1.165, 1.54) is 6.07 Å². The normalized spacial score (nSPS) is 20.7. The van der Waals surface area contributed by atoms with Crippen molar-refractivity contribution in [2.75, 3.05) is 6.61 Å². The van der Waals surface area contributed by atoms with Gasteiger partial charge in [0, 0.05) is 9.49 Å². The molecule has 0 aromatic heterocycles. The van der Waals surface area contributed by atoms with Crippen LogP contribution in [0.5, 0.6) is 5.75 Å². The Morgan fingerprint density at radius 2 is 2.31 bits per heavy atom. The van der Waals surface area contributed by atoms with E-state index in [9.17, 15) is 4.39 Å². The smallest absolute Gasteiger partial charge is 0.126 e. The minimum Gasteiger partial charge on any atom is -0.493 e. The van der Waals surface area contributed by atoms with Gasteiger partial charge in [0.15, 0.2) is 0 Å². The summed E-state index contributed by atoms with van der Waals surface area (Å²) < 4.78 is 19.1. The number of hydrogen-bond acceptors (Lipinski definition) is 1. The van der Waals surface area contributed by atoms with Gasteiger partial charge < -0.3 is 4.74 Å². The van der Waals surface area contributed by atoms with Crippen molar-refractivity contribution in [1.29, 1.82) is 0 Å². The maximum absolute atomic E-state index is 13.2. The first-order valence-corrected chi connectivity index (χ1v) is 5.50. The van der Waals surface area contributed by atoms with Crippen LogP contribution in [0.4, 0.5) is 4.39 Å². The molecule has 0 N–H and O–H groups in total. The molecule has 1 atom stereocenters. The highest BCUT2D eigenvalue weighted by Crippen LogP contribution is 2.40. The standard InChI is InChI=1S/C10H10FIO/c1-6-7(11)2-3-9-10(6)8(12)4-5-13-9/h2-3,8H,4-5H2,1H3. The quantitative estimate of drug-likeness (QED) is 0.526. The van der Waals surface area contributed by atoms with Crippen LogP contribution in [0.2, 0.25) is 0 Å². The molecule has 2 rings (SSSR count). The number of hydrogen-bond donors (Lipinski definition) is 0. The lowest BCUT2D eigenvalue weighted by Gasteiger charge is -2.23. The summed E-state index contributed by atoms with van der Waals surface area (Å²) >= 11 is 2.34. The Bertz CT molecular complexity index is 338. The highest BCUT2D eigenvalue weighted by atomic mass is 127. The molecule has 0 amide bonds. The Morgan fingerprint density at radius 3 is 3.08 bits per heavy atom. The number of benzene rings is 1. The highest BCUT2D eigenvalue weighted by Gasteiger charge is 2.22. The van der Waals surface area contributed by atoms with Crippen molar-refractivity contribution in [3.05, 3.63) is 29.1 Å². The topological polar surface area (TPSA) is 9.23 Å². The molecule has 0 radical (unpaired) electrons. The summed E-state index contributed by atoms with van der Waals surface area (Å²) in [6, 6.07) is 3.20. The molecule has 0 saturated heterocycles. The van der Waals surface area contributed by atoms with Gasteiger partial charge in [-0.25, -0.2) is 4.39 Å². The van der Waals surface area contributed by atoms with Crippen LogP contribution >= 0.6 is 22.6 Å². The van der Waals surface area contributed by atoms with Gasteiger partial charge in [0.2, 0.25) is 0 Å². The van der Waals surface area contributed by atoms with Gasteiger partial charge in [-0.2, -0.15) is 0 Å². The zero-order chi connectivity index (χ0) is 9.42. The maximum Gasteiger partial charge on any atom is 0.126 e. The van der Waals surface area contributed by atoms with E-state index in [1.54, 1.807) is 6.07 Å². The lowest BCUT2D eigenvalue weighted by molar-refractivity contribution is 0.287. The average molecular weight is 292 g/mol. The summed E-state index contributed by atoms with van der Waals surface area (Å²) in [7, 11) is 0. The first kappa shape index (κ1) is 9.24. The summed E-state index contributed by atoms with van der Waals surface area (Å²) in [6.45, 7) is 2.56. The summed E-state index contributed by atoms with van der Waals surface area (Å²) in [6.07, 6.45) is 0.970. The summed E-state index contributed by atoms with van der Waals surface area (Å²) in [5.74, 6) is 0.718. The molecule has 0 bridgehead atoms. The molecule has 1 heterocycles. The lowest BCUT2D eigenvalue weighted by atomic mass is 10.0. The predicted molar refractivity (Wildman–Crippen MR) is 58.0 cm³/mol. The van der Waals surface area contributed by atoms with E-state index < -0.39 is 0 Å². The largest absolute Gasteiger partial charge is 0.493 e. The van der Waals surface area contributed by atoms with Crippen LogP contribution in [0.3, 0.4) is 0 Å². The van der Waals surface area contributed by atoms with Gasteiger partial charge in [0.05, 0.1) is 6.61 Å². The predicted octanol–water partition coefficient (Wildman–Crippen LogP) is 3.39. The third-order valence-electron chi connectivity index (χ3n) is 2.35. The first-order chi connectivity index (χ1) is 6.20.